The van der Waals surface area contributed by atoms with Crippen LogP contribution >= 0.6 is 11.3 Å². The highest BCUT2D eigenvalue weighted by atomic mass is 32.2. The van der Waals surface area contributed by atoms with Crippen molar-refractivity contribution < 1.29 is 41.7 Å². The minimum absolute atomic E-state index is 0.0508. The summed E-state index contributed by atoms with van der Waals surface area (Å²) < 4.78 is 73.0. The molecule has 0 saturated carbocycles. The van der Waals surface area contributed by atoms with Gasteiger partial charge in [0, 0.05) is 36.3 Å². The van der Waals surface area contributed by atoms with E-state index < -0.39 is 32.6 Å². The van der Waals surface area contributed by atoms with Crippen LogP contribution in [-0.2, 0) is 41.0 Å². The van der Waals surface area contributed by atoms with E-state index in [1.54, 1.807) is 80.9 Å². The summed E-state index contributed by atoms with van der Waals surface area (Å²) >= 11 is 1.39. The number of alkyl halides is 1. The number of anilines is 1. The van der Waals surface area contributed by atoms with Gasteiger partial charge in [0.25, 0.3) is 0 Å². The maximum atomic E-state index is 16.5. The summed E-state index contributed by atoms with van der Waals surface area (Å²) in [5, 5.41) is 26.9. The largest absolute Gasteiger partial charge is 0.497 e. The number of aliphatic carboxylic acids is 1. The van der Waals surface area contributed by atoms with Crippen LogP contribution in [0.3, 0.4) is 0 Å². The third-order valence-electron chi connectivity index (χ3n) is 10.9. The van der Waals surface area contributed by atoms with Gasteiger partial charge in [-0.15, -0.1) is 5.10 Å². The number of hydrogen-bond donors (Lipinski definition) is 2. The van der Waals surface area contributed by atoms with Gasteiger partial charge in [-0.05, 0) is 92.8 Å². The minimum atomic E-state index is -4.91. The van der Waals surface area contributed by atoms with Crippen LogP contribution in [0.1, 0.15) is 34.0 Å². The lowest BCUT2D eigenvalue weighted by Gasteiger charge is -2.27. The number of rotatable bonds is 19. The summed E-state index contributed by atoms with van der Waals surface area (Å²) in [6.45, 7) is 0.0997. The molecule has 2 aromatic heterocycles. The Labute approximate surface area is 384 Å². The Morgan fingerprint density at radius 2 is 1.26 bits per heavy atom. The number of tetrazole rings is 1. The van der Waals surface area contributed by atoms with E-state index in [0.29, 0.717) is 51.1 Å². The van der Waals surface area contributed by atoms with Gasteiger partial charge in [0.1, 0.15) is 27.9 Å². The van der Waals surface area contributed by atoms with Crippen molar-refractivity contribution in [1.29, 1.82) is 0 Å². The Hall–Kier alpha value is -7.41. The molecule has 8 aromatic rings. The molecule has 338 valence electrons. The Morgan fingerprint density at radius 1 is 0.727 bits per heavy atom. The Bertz CT molecular complexity index is 3030. The first-order valence-electron chi connectivity index (χ1n) is 20.5. The van der Waals surface area contributed by atoms with Crippen LogP contribution in [-0.4, -0.2) is 77.4 Å². The highest BCUT2D eigenvalue weighted by Gasteiger charge is 2.38. The molecule has 0 fully saturated rings. The van der Waals surface area contributed by atoms with Crippen molar-refractivity contribution in [2.75, 3.05) is 33.8 Å². The standard InChI is InChI=1S/C48H44FN7O8S2/c1-61-34-16-8-30(9-17-34)26-50-48-51-44-39(6-5-7-41(44)65-48)38-24-25-40(43(49)47(57)58)45(42(38)46-52-53-54-56(46)29-33-14-22-37(64-4)23-15-33)66(59,60)55(27-31-10-18-35(62-2)19-11-31)28-32-12-20-36(63-3)21-13-32/h5-25,43H,26-29H2,1-4H3,(H,50,51)(H,57,58). The topological polar surface area (TPSA) is 180 Å². The Balaban J connectivity index is 1.35. The molecule has 0 spiro atoms. The Morgan fingerprint density at radius 3 is 1.79 bits per heavy atom. The van der Waals surface area contributed by atoms with Crippen molar-refractivity contribution >= 4 is 42.7 Å². The zero-order valence-electron chi connectivity index (χ0n) is 36.2. The smallest absolute Gasteiger partial charge is 0.343 e. The van der Waals surface area contributed by atoms with E-state index >= 15 is 12.8 Å². The molecule has 0 radical (unpaired) electrons. The average Bonchev–Trinajstić information content (AvgIpc) is 4.00. The minimum Gasteiger partial charge on any atom is -0.497 e. The molecule has 0 aliphatic rings. The molecule has 2 N–H and O–H groups in total. The van der Waals surface area contributed by atoms with Gasteiger partial charge >= 0.3 is 5.97 Å². The van der Waals surface area contributed by atoms with Crippen LogP contribution in [0.15, 0.2) is 132 Å². The lowest BCUT2D eigenvalue weighted by Crippen LogP contribution is -2.32. The molecule has 18 heteroatoms. The molecule has 2 heterocycles. The number of nitrogens with zero attached hydrogens (tertiary/aromatic N) is 6. The van der Waals surface area contributed by atoms with Crippen molar-refractivity contribution in [2.24, 2.45) is 0 Å². The predicted octanol–water partition coefficient (Wildman–Crippen LogP) is 8.80. The number of benzene rings is 6. The van der Waals surface area contributed by atoms with E-state index in [1.807, 2.05) is 48.5 Å². The molecule has 0 saturated heterocycles. The zero-order chi connectivity index (χ0) is 46.4. The van der Waals surface area contributed by atoms with Crippen molar-refractivity contribution in [3.8, 4) is 45.5 Å². The molecule has 0 aliphatic carbocycles. The van der Waals surface area contributed by atoms with Crippen LogP contribution in [0.5, 0.6) is 23.0 Å². The molecule has 8 rings (SSSR count). The van der Waals surface area contributed by atoms with Crippen LogP contribution < -0.4 is 24.3 Å². The normalized spacial score (nSPS) is 12.0. The summed E-state index contributed by atoms with van der Waals surface area (Å²) in [5.74, 6) is 0.521. The van der Waals surface area contributed by atoms with E-state index in [1.165, 1.54) is 46.7 Å². The van der Waals surface area contributed by atoms with E-state index in [0.717, 1.165) is 21.6 Å². The molecular weight excluding hydrogens is 886 g/mol. The molecule has 1 unspecified atom stereocenters. The first-order valence-corrected chi connectivity index (χ1v) is 22.7. The molecule has 6 aromatic carbocycles. The van der Waals surface area contributed by atoms with E-state index in [4.69, 9.17) is 23.9 Å². The van der Waals surface area contributed by atoms with Gasteiger partial charge in [0.15, 0.2) is 11.0 Å². The van der Waals surface area contributed by atoms with Gasteiger partial charge in [0.05, 0.1) is 45.2 Å². The van der Waals surface area contributed by atoms with Gasteiger partial charge < -0.3 is 29.4 Å². The lowest BCUT2D eigenvalue weighted by atomic mass is 9.94. The first-order chi connectivity index (χ1) is 32.0. The third kappa shape index (κ3) is 9.65. The van der Waals surface area contributed by atoms with Crippen LogP contribution in [0.2, 0.25) is 0 Å². The lowest BCUT2D eigenvalue weighted by molar-refractivity contribution is -0.143. The third-order valence-corrected chi connectivity index (χ3v) is 13.7. The number of carboxylic acids is 1. The highest BCUT2D eigenvalue weighted by molar-refractivity contribution is 7.89. The van der Waals surface area contributed by atoms with E-state index in [9.17, 15) is 9.90 Å². The SMILES string of the molecule is COc1ccc(CNc2nc3c(-c4ccc(C(F)C(=O)O)c(S(=O)(=O)N(Cc5ccc(OC)cc5)Cc5ccc(OC)cc5)c4-c4nnnn4Cc4ccc(OC)cc4)cccc3s2)cc1. The second-order valence-corrected chi connectivity index (χ2v) is 17.9. The summed E-state index contributed by atoms with van der Waals surface area (Å²) in [4.78, 5) is 17.0. The summed E-state index contributed by atoms with van der Waals surface area (Å²) in [5.41, 5.74) is 3.40. The molecule has 0 amide bonds. The van der Waals surface area contributed by atoms with Gasteiger partial charge in [-0.2, -0.15) is 4.31 Å². The van der Waals surface area contributed by atoms with E-state index in [2.05, 4.69) is 20.8 Å². The number of aromatic nitrogens is 5. The van der Waals surface area contributed by atoms with E-state index in [-0.39, 0.29) is 36.6 Å². The second kappa shape index (κ2) is 19.8. The number of halogens is 1. The molecule has 0 bridgehead atoms. The van der Waals surface area contributed by atoms with Crippen LogP contribution in [0.4, 0.5) is 9.52 Å². The molecule has 15 nitrogen and oxygen atoms in total. The summed E-state index contributed by atoms with van der Waals surface area (Å²) in [7, 11) is 1.29. The summed E-state index contributed by atoms with van der Waals surface area (Å²) in [6.07, 6.45) is -2.78. The molecule has 66 heavy (non-hydrogen) atoms. The molecule has 1 atom stereocenters. The van der Waals surface area contributed by atoms with Crippen LogP contribution in [0.25, 0.3) is 32.7 Å². The quantitative estimate of drug-likeness (QED) is 0.0786. The number of ether oxygens (including phenoxy) is 4. The average molecular weight is 930 g/mol. The Kier molecular flexibility index (Phi) is 13.5. The van der Waals surface area contributed by atoms with Gasteiger partial charge in [-0.3, -0.25) is 0 Å². The second-order valence-electron chi connectivity index (χ2n) is 15.0. The number of carbonyl (C=O) groups is 1. The monoisotopic (exact) mass is 929 g/mol. The van der Waals surface area contributed by atoms with Gasteiger partial charge in [-0.25, -0.2) is 27.3 Å². The maximum absolute atomic E-state index is 16.5. The maximum Gasteiger partial charge on any atom is 0.343 e. The number of sulfonamides is 1. The van der Waals surface area contributed by atoms with Gasteiger partial charge in [0.2, 0.25) is 16.2 Å². The number of hydrogen-bond acceptors (Lipinski definition) is 13. The van der Waals surface area contributed by atoms with Crippen molar-refractivity contribution in [3.05, 3.63) is 155 Å². The highest BCUT2D eigenvalue weighted by Crippen LogP contribution is 2.45. The fourth-order valence-electron chi connectivity index (χ4n) is 7.44. The first kappa shape index (κ1) is 45.2. The number of thiazole rings is 1. The van der Waals surface area contributed by atoms with Crippen molar-refractivity contribution in [3.63, 3.8) is 0 Å². The molecule has 0 aliphatic heterocycles. The van der Waals surface area contributed by atoms with Crippen LogP contribution in [0, 0.1) is 0 Å². The van der Waals surface area contributed by atoms with Crippen molar-refractivity contribution in [2.45, 2.75) is 37.2 Å². The van der Waals surface area contributed by atoms with Gasteiger partial charge in [-0.1, -0.05) is 84.1 Å². The fourth-order valence-corrected chi connectivity index (χ4v) is 10.1. The fraction of sp³-hybridized carbons (Fsp3) is 0.188. The zero-order valence-corrected chi connectivity index (χ0v) is 37.8. The number of carboxylic acid groups (broad SMARTS) is 1. The predicted molar refractivity (Wildman–Crippen MR) is 248 cm³/mol. The number of fused-ring (bicyclic) bond motifs is 1. The number of nitrogens with one attached hydrogen (secondary N) is 1. The summed E-state index contributed by atoms with van der Waals surface area (Å²) in [6, 6.07) is 36.7. The molecular formula is C48H44FN7O8S2. The van der Waals surface area contributed by atoms with Crippen molar-refractivity contribution in [1.82, 2.24) is 29.5 Å². The number of methoxy groups -OCH3 is 4. The number of para-hydroxylation sites is 1.